The van der Waals surface area contributed by atoms with E-state index in [1.165, 1.54) is 11.1 Å². The second-order valence-electron chi connectivity index (χ2n) is 6.72. The summed E-state index contributed by atoms with van der Waals surface area (Å²) in [6.07, 6.45) is 0. The summed E-state index contributed by atoms with van der Waals surface area (Å²) in [6, 6.07) is 17.9. The monoisotopic (exact) mass is 493 g/mol. The molecule has 0 bridgehead atoms. The van der Waals surface area contributed by atoms with Crippen LogP contribution in [-0.2, 0) is 19.7 Å². The SMILES string of the molecule is COc1cc(CNCc2ccc(C)cc2)cc(Br)c1OCc1ccc(Cl)cc1Cl. The Bertz CT molecular complexity index is 977. The lowest BCUT2D eigenvalue weighted by Gasteiger charge is -2.15. The second kappa shape index (κ2) is 10.4. The number of hydrogen-bond donors (Lipinski definition) is 1. The minimum Gasteiger partial charge on any atom is -0.493 e. The van der Waals surface area contributed by atoms with Gasteiger partial charge in [-0.2, -0.15) is 0 Å². The summed E-state index contributed by atoms with van der Waals surface area (Å²) in [6.45, 7) is 3.92. The van der Waals surface area contributed by atoms with Gasteiger partial charge >= 0.3 is 0 Å². The predicted molar refractivity (Wildman–Crippen MR) is 123 cm³/mol. The zero-order valence-electron chi connectivity index (χ0n) is 16.3. The van der Waals surface area contributed by atoms with Crippen LogP contribution in [0.4, 0.5) is 0 Å². The standard InChI is InChI=1S/C23H22BrCl2NO2/c1-15-3-5-16(6-4-15)12-27-13-17-9-20(24)23(22(10-17)28-2)29-14-18-7-8-19(25)11-21(18)26/h3-11,27H,12-14H2,1-2H3. The Balaban J connectivity index is 1.65. The molecule has 0 aromatic heterocycles. The minimum atomic E-state index is 0.315. The maximum Gasteiger partial charge on any atom is 0.175 e. The van der Waals surface area contributed by atoms with E-state index in [9.17, 15) is 0 Å². The fraction of sp³-hybridized carbons (Fsp3) is 0.217. The van der Waals surface area contributed by atoms with E-state index in [-0.39, 0.29) is 0 Å². The number of ether oxygens (including phenoxy) is 2. The fourth-order valence-corrected chi connectivity index (χ4v) is 3.93. The Morgan fingerprint density at radius 3 is 2.34 bits per heavy atom. The Labute approximate surface area is 190 Å². The zero-order valence-corrected chi connectivity index (χ0v) is 19.4. The Hall–Kier alpha value is -1.72. The smallest absolute Gasteiger partial charge is 0.175 e. The van der Waals surface area contributed by atoms with Crippen LogP contribution in [0.25, 0.3) is 0 Å². The largest absolute Gasteiger partial charge is 0.493 e. The first kappa shape index (κ1) is 22.0. The average molecular weight is 495 g/mol. The summed E-state index contributed by atoms with van der Waals surface area (Å²) in [5.41, 5.74) is 4.46. The molecular formula is C23H22BrCl2NO2. The molecule has 0 fully saturated rings. The fourth-order valence-electron chi connectivity index (χ4n) is 2.86. The molecule has 0 heterocycles. The van der Waals surface area contributed by atoms with Crippen molar-refractivity contribution >= 4 is 39.1 Å². The van der Waals surface area contributed by atoms with Gasteiger partial charge in [-0.05, 0) is 58.2 Å². The van der Waals surface area contributed by atoms with Crippen molar-refractivity contribution in [1.82, 2.24) is 5.32 Å². The lowest BCUT2D eigenvalue weighted by molar-refractivity contribution is 0.282. The van der Waals surface area contributed by atoms with Crippen molar-refractivity contribution in [3.63, 3.8) is 0 Å². The Kier molecular flexibility index (Phi) is 7.84. The molecule has 3 aromatic carbocycles. The number of benzene rings is 3. The molecule has 0 aliphatic carbocycles. The molecule has 0 saturated heterocycles. The maximum absolute atomic E-state index is 6.24. The van der Waals surface area contributed by atoms with Crippen LogP contribution in [-0.4, -0.2) is 7.11 Å². The molecule has 0 aliphatic rings. The van der Waals surface area contributed by atoms with Gasteiger partial charge in [0.1, 0.15) is 6.61 Å². The summed E-state index contributed by atoms with van der Waals surface area (Å²) in [5.74, 6) is 1.30. The molecule has 0 atom stereocenters. The summed E-state index contributed by atoms with van der Waals surface area (Å²) < 4.78 is 12.4. The first-order valence-electron chi connectivity index (χ1n) is 9.15. The maximum atomic E-state index is 6.24. The Morgan fingerprint density at radius 2 is 1.66 bits per heavy atom. The van der Waals surface area contributed by atoms with E-state index in [1.54, 1.807) is 19.2 Å². The van der Waals surface area contributed by atoms with Gasteiger partial charge in [0, 0.05) is 28.7 Å². The van der Waals surface area contributed by atoms with Crippen LogP contribution < -0.4 is 14.8 Å². The van der Waals surface area contributed by atoms with Crippen molar-refractivity contribution in [1.29, 1.82) is 0 Å². The van der Waals surface area contributed by atoms with Crippen LogP contribution in [0, 0.1) is 6.92 Å². The molecule has 3 nitrogen and oxygen atoms in total. The molecule has 0 amide bonds. The van der Waals surface area contributed by atoms with Gasteiger partial charge in [0.15, 0.2) is 11.5 Å². The summed E-state index contributed by atoms with van der Waals surface area (Å²) in [7, 11) is 1.63. The molecule has 29 heavy (non-hydrogen) atoms. The van der Waals surface area contributed by atoms with Gasteiger partial charge in [0.05, 0.1) is 11.6 Å². The van der Waals surface area contributed by atoms with E-state index in [0.29, 0.717) is 34.7 Å². The van der Waals surface area contributed by atoms with Crippen LogP contribution in [0.5, 0.6) is 11.5 Å². The van der Waals surface area contributed by atoms with Crippen molar-refractivity contribution in [3.8, 4) is 11.5 Å². The zero-order chi connectivity index (χ0) is 20.8. The molecule has 152 valence electrons. The molecule has 6 heteroatoms. The molecule has 0 aliphatic heterocycles. The predicted octanol–water partition coefficient (Wildman–Crippen LogP) is 6.94. The highest BCUT2D eigenvalue weighted by Gasteiger charge is 2.13. The number of halogens is 3. The van der Waals surface area contributed by atoms with Crippen molar-refractivity contribution in [2.45, 2.75) is 26.6 Å². The molecule has 0 radical (unpaired) electrons. The van der Waals surface area contributed by atoms with Crippen LogP contribution in [0.3, 0.4) is 0 Å². The molecule has 3 aromatic rings. The molecule has 0 unspecified atom stereocenters. The second-order valence-corrected chi connectivity index (χ2v) is 8.42. The van der Waals surface area contributed by atoms with Crippen molar-refractivity contribution in [2.75, 3.05) is 7.11 Å². The molecular weight excluding hydrogens is 473 g/mol. The minimum absolute atomic E-state index is 0.315. The molecule has 0 saturated carbocycles. The number of methoxy groups -OCH3 is 1. The van der Waals surface area contributed by atoms with Crippen molar-refractivity contribution < 1.29 is 9.47 Å². The third kappa shape index (κ3) is 6.13. The van der Waals surface area contributed by atoms with Crippen LogP contribution in [0.2, 0.25) is 10.0 Å². The van der Waals surface area contributed by atoms with Crippen LogP contribution in [0.15, 0.2) is 59.1 Å². The third-order valence-electron chi connectivity index (χ3n) is 4.46. The summed E-state index contributed by atoms with van der Waals surface area (Å²) in [5, 5.41) is 4.63. The topological polar surface area (TPSA) is 30.5 Å². The van der Waals surface area contributed by atoms with E-state index in [1.807, 2.05) is 18.2 Å². The number of aryl methyl sites for hydroxylation is 1. The van der Waals surface area contributed by atoms with Crippen LogP contribution >= 0.6 is 39.1 Å². The van der Waals surface area contributed by atoms with Gasteiger partial charge in [0.2, 0.25) is 0 Å². The molecule has 1 N–H and O–H groups in total. The van der Waals surface area contributed by atoms with Crippen molar-refractivity contribution in [3.05, 3.63) is 91.4 Å². The quantitative estimate of drug-likeness (QED) is 0.367. The van der Waals surface area contributed by atoms with E-state index < -0.39 is 0 Å². The van der Waals surface area contributed by atoms with E-state index in [4.69, 9.17) is 32.7 Å². The highest BCUT2D eigenvalue weighted by molar-refractivity contribution is 9.10. The van der Waals surface area contributed by atoms with E-state index >= 15 is 0 Å². The summed E-state index contributed by atoms with van der Waals surface area (Å²) >= 11 is 15.8. The van der Waals surface area contributed by atoms with Gasteiger partial charge in [0.25, 0.3) is 0 Å². The van der Waals surface area contributed by atoms with Gasteiger partial charge in [-0.15, -0.1) is 0 Å². The number of rotatable bonds is 8. The Morgan fingerprint density at radius 1 is 0.931 bits per heavy atom. The number of hydrogen-bond acceptors (Lipinski definition) is 3. The lowest BCUT2D eigenvalue weighted by Crippen LogP contribution is -2.13. The highest BCUT2D eigenvalue weighted by Crippen LogP contribution is 2.37. The molecule has 3 rings (SSSR count). The van der Waals surface area contributed by atoms with E-state index in [2.05, 4.69) is 52.4 Å². The van der Waals surface area contributed by atoms with Crippen molar-refractivity contribution in [2.24, 2.45) is 0 Å². The number of nitrogens with one attached hydrogen (secondary N) is 1. The molecule has 0 spiro atoms. The summed E-state index contributed by atoms with van der Waals surface area (Å²) in [4.78, 5) is 0. The first-order valence-corrected chi connectivity index (χ1v) is 10.7. The van der Waals surface area contributed by atoms with Gasteiger partial charge in [-0.1, -0.05) is 59.1 Å². The third-order valence-corrected chi connectivity index (χ3v) is 5.63. The lowest BCUT2D eigenvalue weighted by atomic mass is 10.1. The highest BCUT2D eigenvalue weighted by atomic mass is 79.9. The van der Waals surface area contributed by atoms with Gasteiger partial charge < -0.3 is 14.8 Å². The van der Waals surface area contributed by atoms with Gasteiger partial charge in [-0.3, -0.25) is 0 Å². The first-order chi connectivity index (χ1) is 14.0. The van der Waals surface area contributed by atoms with Gasteiger partial charge in [-0.25, -0.2) is 0 Å². The average Bonchev–Trinajstić information content (AvgIpc) is 2.69. The normalized spacial score (nSPS) is 10.8. The van der Waals surface area contributed by atoms with E-state index in [0.717, 1.165) is 22.1 Å². The van der Waals surface area contributed by atoms with Crippen LogP contribution in [0.1, 0.15) is 22.3 Å².